The van der Waals surface area contributed by atoms with Crippen LogP contribution in [0.15, 0.2) is 11.5 Å². The van der Waals surface area contributed by atoms with E-state index in [4.69, 9.17) is 5.11 Å². The second kappa shape index (κ2) is 3.92. The first kappa shape index (κ1) is 9.40. The number of rotatable bonds is 3. The van der Waals surface area contributed by atoms with E-state index in [9.17, 15) is 4.79 Å². The third-order valence-electron chi connectivity index (χ3n) is 2.43. The molecule has 0 unspecified atom stereocenters. The molecule has 1 aromatic heterocycles. The van der Waals surface area contributed by atoms with Crippen molar-refractivity contribution in [2.45, 2.75) is 25.2 Å². The van der Waals surface area contributed by atoms with E-state index in [0.29, 0.717) is 5.92 Å². The number of carboxylic acid groups (broad SMARTS) is 1. The molecule has 0 amide bonds. The summed E-state index contributed by atoms with van der Waals surface area (Å²) in [6, 6.07) is 0. The van der Waals surface area contributed by atoms with Crippen molar-refractivity contribution < 1.29 is 9.90 Å². The van der Waals surface area contributed by atoms with Crippen molar-refractivity contribution in [1.82, 2.24) is 4.98 Å². The topological polar surface area (TPSA) is 50.2 Å². The van der Waals surface area contributed by atoms with E-state index in [1.54, 1.807) is 6.08 Å². The molecule has 0 aliphatic heterocycles. The summed E-state index contributed by atoms with van der Waals surface area (Å²) in [4.78, 5) is 14.6. The van der Waals surface area contributed by atoms with Gasteiger partial charge in [0.25, 0.3) is 0 Å². The van der Waals surface area contributed by atoms with E-state index < -0.39 is 5.97 Å². The van der Waals surface area contributed by atoms with E-state index in [-0.39, 0.29) is 0 Å². The summed E-state index contributed by atoms with van der Waals surface area (Å²) in [5, 5.41) is 11.3. The molecule has 0 spiro atoms. The van der Waals surface area contributed by atoms with Gasteiger partial charge < -0.3 is 5.11 Å². The van der Waals surface area contributed by atoms with Crippen LogP contribution < -0.4 is 0 Å². The highest BCUT2D eigenvalue weighted by Gasteiger charge is 2.21. The van der Waals surface area contributed by atoms with Gasteiger partial charge in [-0.15, -0.1) is 11.3 Å². The van der Waals surface area contributed by atoms with Crippen molar-refractivity contribution >= 4 is 23.4 Å². The molecule has 1 heterocycles. The Morgan fingerprint density at radius 3 is 3.00 bits per heavy atom. The molecule has 14 heavy (non-hydrogen) atoms. The van der Waals surface area contributed by atoms with Crippen LogP contribution in [0, 0.1) is 0 Å². The summed E-state index contributed by atoms with van der Waals surface area (Å²) < 4.78 is 0. The molecule has 1 N–H and O–H groups in total. The summed E-state index contributed by atoms with van der Waals surface area (Å²) in [7, 11) is 0. The van der Waals surface area contributed by atoms with Crippen LogP contribution in [0.3, 0.4) is 0 Å². The minimum atomic E-state index is -0.926. The number of carboxylic acids is 1. The molecule has 0 saturated heterocycles. The fraction of sp³-hybridized carbons (Fsp3) is 0.400. The van der Waals surface area contributed by atoms with Gasteiger partial charge in [0, 0.05) is 17.4 Å². The molecule has 0 radical (unpaired) electrons. The zero-order valence-electron chi connectivity index (χ0n) is 7.64. The third-order valence-corrected chi connectivity index (χ3v) is 3.26. The predicted molar refractivity (Wildman–Crippen MR) is 55.4 cm³/mol. The first-order valence-corrected chi connectivity index (χ1v) is 5.50. The Labute approximate surface area is 86.1 Å². The van der Waals surface area contributed by atoms with Crippen molar-refractivity contribution in [2.75, 3.05) is 0 Å². The fourth-order valence-electron chi connectivity index (χ4n) is 1.41. The second-order valence-electron chi connectivity index (χ2n) is 3.41. The molecule has 1 aromatic rings. The van der Waals surface area contributed by atoms with Gasteiger partial charge in [0.05, 0.1) is 5.69 Å². The van der Waals surface area contributed by atoms with Crippen molar-refractivity contribution in [3.8, 4) is 0 Å². The molecular weight excluding hydrogens is 198 g/mol. The predicted octanol–water partition coefficient (Wildman–Crippen LogP) is 2.51. The highest BCUT2D eigenvalue weighted by atomic mass is 32.1. The van der Waals surface area contributed by atoms with Gasteiger partial charge in [-0.3, -0.25) is 0 Å². The average molecular weight is 209 g/mol. The van der Waals surface area contributed by atoms with Crippen LogP contribution in [0.2, 0.25) is 0 Å². The first-order valence-electron chi connectivity index (χ1n) is 4.62. The molecule has 1 aliphatic carbocycles. The van der Waals surface area contributed by atoms with Crippen LogP contribution in [0.4, 0.5) is 0 Å². The van der Waals surface area contributed by atoms with Crippen LogP contribution in [-0.4, -0.2) is 16.1 Å². The Hall–Kier alpha value is -1.16. The average Bonchev–Trinajstić information content (AvgIpc) is 2.46. The van der Waals surface area contributed by atoms with Crippen LogP contribution in [0.1, 0.15) is 35.9 Å². The molecule has 4 heteroatoms. The van der Waals surface area contributed by atoms with Crippen LogP contribution >= 0.6 is 11.3 Å². The van der Waals surface area contributed by atoms with Crippen LogP contribution in [-0.2, 0) is 4.79 Å². The quantitative estimate of drug-likeness (QED) is 0.778. The highest BCUT2D eigenvalue weighted by Crippen LogP contribution is 2.36. The number of carbonyl (C=O) groups is 1. The number of thiazole rings is 1. The molecule has 74 valence electrons. The normalized spacial score (nSPS) is 17.1. The molecular formula is C10H11NO2S. The minimum absolute atomic E-state index is 0.623. The van der Waals surface area contributed by atoms with Crippen molar-refractivity contribution in [1.29, 1.82) is 0 Å². The van der Waals surface area contributed by atoms with Crippen molar-refractivity contribution in [3.05, 3.63) is 22.2 Å². The minimum Gasteiger partial charge on any atom is -0.478 e. The summed E-state index contributed by atoms with van der Waals surface area (Å²) >= 11 is 1.51. The Kier molecular flexibility index (Phi) is 2.63. The Morgan fingerprint density at radius 2 is 2.43 bits per heavy atom. The molecule has 2 rings (SSSR count). The zero-order chi connectivity index (χ0) is 9.97. The van der Waals surface area contributed by atoms with E-state index >= 15 is 0 Å². The van der Waals surface area contributed by atoms with Gasteiger partial charge in [-0.2, -0.15) is 0 Å². The van der Waals surface area contributed by atoms with Crippen molar-refractivity contribution in [2.24, 2.45) is 0 Å². The smallest absolute Gasteiger partial charge is 0.328 e. The summed E-state index contributed by atoms with van der Waals surface area (Å²) in [5.41, 5.74) is 1.13. The Balaban J connectivity index is 2.05. The molecule has 0 atom stereocenters. The van der Waals surface area contributed by atoms with E-state index in [0.717, 1.165) is 16.8 Å². The van der Waals surface area contributed by atoms with Gasteiger partial charge in [-0.25, -0.2) is 9.78 Å². The Bertz CT molecular complexity index is 366. The summed E-state index contributed by atoms with van der Waals surface area (Å²) in [6.07, 6.45) is 6.43. The van der Waals surface area contributed by atoms with Gasteiger partial charge in [-0.05, 0) is 18.9 Å². The van der Waals surface area contributed by atoms with Gasteiger partial charge in [-0.1, -0.05) is 6.42 Å². The standard InChI is InChI=1S/C10H11NO2S/c12-10(13)5-4-9-11-8(6-14-9)7-2-1-3-7/h4-7H,1-3H2,(H,12,13)/b5-4+. The Morgan fingerprint density at radius 1 is 1.64 bits per heavy atom. The molecule has 1 fully saturated rings. The lowest BCUT2D eigenvalue weighted by Crippen LogP contribution is -2.08. The summed E-state index contributed by atoms with van der Waals surface area (Å²) in [6.45, 7) is 0. The lowest BCUT2D eigenvalue weighted by Gasteiger charge is -2.22. The maximum atomic E-state index is 10.3. The van der Waals surface area contributed by atoms with Gasteiger partial charge >= 0.3 is 5.97 Å². The van der Waals surface area contributed by atoms with E-state index in [1.807, 2.05) is 5.38 Å². The SMILES string of the molecule is O=C(O)/C=C/c1nc(C2CCC2)cs1. The van der Waals surface area contributed by atoms with Crippen LogP contribution in [0.5, 0.6) is 0 Å². The second-order valence-corrected chi connectivity index (χ2v) is 4.30. The lowest BCUT2D eigenvalue weighted by atomic mass is 9.83. The maximum absolute atomic E-state index is 10.3. The molecule has 1 saturated carbocycles. The van der Waals surface area contributed by atoms with E-state index in [1.165, 1.54) is 30.6 Å². The monoisotopic (exact) mass is 209 g/mol. The molecule has 0 bridgehead atoms. The number of aromatic nitrogens is 1. The first-order chi connectivity index (χ1) is 6.75. The third kappa shape index (κ3) is 2.01. The van der Waals surface area contributed by atoms with Gasteiger partial charge in [0.15, 0.2) is 0 Å². The lowest BCUT2D eigenvalue weighted by molar-refractivity contribution is -0.131. The zero-order valence-corrected chi connectivity index (χ0v) is 8.46. The fourth-order valence-corrected chi connectivity index (χ4v) is 2.20. The number of nitrogens with zero attached hydrogens (tertiary/aromatic N) is 1. The van der Waals surface area contributed by atoms with E-state index in [2.05, 4.69) is 4.98 Å². The van der Waals surface area contributed by atoms with Crippen molar-refractivity contribution in [3.63, 3.8) is 0 Å². The van der Waals surface area contributed by atoms with Crippen LogP contribution in [0.25, 0.3) is 6.08 Å². The molecule has 1 aliphatic rings. The number of hydrogen-bond donors (Lipinski definition) is 1. The molecule has 3 nitrogen and oxygen atoms in total. The van der Waals surface area contributed by atoms with Gasteiger partial charge in [0.2, 0.25) is 0 Å². The van der Waals surface area contributed by atoms with Gasteiger partial charge in [0.1, 0.15) is 5.01 Å². The number of hydrogen-bond acceptors (Lipinski definition) is 3. The molecule has 0 aromatic carbocycles. The largest absolute Gasteiger partial charge is 0.478 e. The highest BCUT2D eigenvalue weighted by molar-refractivity contribution is 7.10. The summed E-state index contributed by atoms with van der Waals surface area (Å²) in [5.74, 6) is -0.302. The number of aliphatic carboxylic acids is 1. The maximum Gasteiger partial charge on any atom is 0.328 e.